The number of halogens is 2. The fraction of sp³-hybridized carbons (Fsp3) is 0.250. The van der Waals surface area contributed by atoms with Crippen molar-refractivity contribution in [2.75, 3.05) is 0 Å². The zero-order chi connectivity index (χ0) is 13.0. The summed E-state index contributed by atoms with van der Waals surface area (Å²) in [6.45, 7) is 2.17. The van der Waals surface area contributed by atoms with Crippen LogP contribution in [-0.4, -0.2) is 0 Å². The molecule has 18 heavy (non-hydrogen) atoms. The molecule has 2 aromatic rings. The second kappa shape index (κ2) is 6.40. The van der Waals surface area contributed by atoms with Crippen molar-refractivity contribution in [3.8, 4) is 0 Å². The molecule has 0 aromatic heterocycles. The lowest BCUT2D eigenvalue weighted by Crippen LogP contribution is -1.95. The van der Waals surface area contributed by atoms with Crippen LogP contribution in [-0.2, 0) is 12.8 Å². The second-order valence-electron chi connectivity index (χ2n) is 4.40. The molecule has 0 spiro atoms. The maximum Gasteiger partial charge on any atom is 0.0435 e. The first-order chi connectivity index (χ1) is 8.69. The van der Waals surface area contributed by atoms with Crippen LogP contribution < -0.4 is 0 Å². The Morgan fingerprint density at radius 3 is 2.39 bits per heavy atom. The first kappa shape index (κ1) is 13.6. The van der Waals surface area contributed by atoms with Gasteiger partial charge in [0.05, 0.1) is 0 Å². The summed E-state index contributed by atoms with van der Waals surface area (Å²) in [6.07, 6.45) is 2.04. The number of aryl methyl sites for hydroxylation is 1. The van der Waals surface area contributed by atoms with Gasteiger partial charge in [0, 0.05) is 9.85 Å². The molecule has 0 aliphatic heterocycles. The molecule has 0 aliphatic rings. The van der Waals surface area contributed by atoms with Gasteiger partial charge >= 0.3 is 0 Å². The standard InChI is InChI=1S/C16H16BrCl/c1-2-12-6-8-14(9-7-12)16(17)11-13-4-3-5-15(18)10-13/h3-10,16H,2,11H2,1H3. The predicted molar refractivity (Wildman–Crippen MR) is 82.6 cm³/mol. The SMILES string of the molecule is CCc1ccc(C(Br)Cc2cccc(Cl)c2)cc1. The Hall–Kier alpha value is -0.790. The van der Waals surface area contributed by atoms with Gasteiger partial charge in [-0.15, -0.1) is 0 Å². The van der Waals surface area contributed by atoms with Gasteiger partial charge in [-0.3, -0.25) is 0 Å². The van der Waals surface area contributed by atoms with E-state index in [1.165, 1.54) is 16.7 Å². The van der Waals surface area contributed by atoms with E-state index in [4.69, 9.17) is 11.6 Å². The highest BCUT2D eigenvalue weighted by Gasteiger charge is 2.08. The molecule has 0 nitrogen and oxygen atoms in total. The molecule has 2 heteroatoms. The lowest BCUT2D eigenvalue weighted by Gasteiger charge is -2.11. The van der Waals surface area contributed by atoms with Crippen LogP contribution >= 0.6 is 27.5 Å². The van der Waals surface area contributed by atoms with Crippen molar-refractivity contribution in [1.29, 1.82) is 0 Å². The monoisotopic (exact) mass is 322 g/mol. The molecule has 0 amide bonds. The zero-order valence-electron chi connectivity index (χ0n) is 10.4. The van der Waals surface area contributed by atoms with Crippen LogP contribution in [0.1, 0.15) is 28.4 Å². The van der Waals surface area contributed by atoms with E-state index in [2.05, 4.69) is 53.2 Å². The number of hydrogen-bond donors (Lipinski definition) is 0. The normalized spacial score (nSPS) is 12.4. The minimum absolute atomic E-state index is 0.335. The maximum atomic E-state index is 6.00. The molecule has 0 heterocycles. The number of hydrogen-bond acceptors (Lipinski definition) is 0. The smallest absolute Gasteiger partial charge is 0.0435 e. The van der Waals surface area contributed by atoms with E-state index in [0.717, 1.165) is 17.9 Å². The summed E-state index contributed by atoms with van der Waals surface area (Å²) in [5.41, 5.74) is 3.94. The Bertz CT molecular complexity index is 505. The van der Waals surface area contributed by atoms with Crippen LogP contribution in [0.3, 0.4) is 0 Å². The van der Waals surface area contributed by atoms with Gasteiger partial charge in [-0.2, -0.15) is 0 Å². The van der Waals surface area contributed by atoms with Gasteiger partial charge in [0.2, 0.25) is 0 Å². The Labute approximate surface area is 122 Å². The third-order valence-electron chi connectivity index (χ3n) is 3.05. The van der Waals surface area contributed by atoms with Crippen molar-refractivity contribution < 1.29 is 0 Å². The topological polar surface area (TPSA) is 0 Å². The molecule has 0 saturated heterocycles. The van der Waals surface area contributed by atoms with Gasteiger partial charge in [0.15, 0.2) is 0 Å². The van der Waals surface area contributed by atoms with Gasteiger partial charge in [0.1, 0.15) is 0 Å². The van der Waals surface area contributed by atoms with Crippen LogP contribution in [0.4, 0.5) is 0 Å². The van der Waals surface area contributed by atoms with E-state index >= 15 is 0 Å². The fourth-order valence-corrected chi connectivity index (χ4v) is 2.84. The van der Waals surface area contributed by atoms with Crippen molar-refractivity contribution in [3.63, 3.8) is 0 Å². The lowest BCUT2D eigenvalue weighted by atomic mass is 10.0. The van der Waals surface area contributed by atoms with E-state index in [1.807, 2.05) is 18.2 Å². The van der Waals surface area contributed by atoms with Crippen LogP contribution in [0.2, 0.25) is 5.02 Å². The van der Waals surface area contributed by atoms with Crippen LogP contribution in [0, 0.1) is 0 Å². The van der Waals surface area contributed by atoms with Crippen LogP contribution in [0.25, 0.3) is 0 Å². The highest BCUT2D eigenvalue weighted by atomic mass is 79.9. The molecule has 0 bridgehead atoms. The Kier molecular flexibility index (Phi) is 4.85. The predicted octanol–water partition coefficient (Wildman–Crippen LogP) is 5.58. The Balaban J connectivity index is 2.09. The van der Waals surface area contributed by atoms with Crippen molar-refractivity contribution in [3.05, 3.63) is 70.2 Å². The first-order valence-corrected chi connectivity index (χ1v) is 7.45. The van der Waals surface area contributed by atoms with Gasteiger partial charge in [-0.1, -0.05) is 70.9 Å². The van der Waals surface area contributed by atoms with Crippen LogP contribution in [0.15, 0.2) is 48.5 Å². The van der Waals surface area contributed by atoms with Crippen molar-refractivity contribution in [2.24, 2.45) is 0 Å². The highest BCUT2D eigenvalue weighted by Crippen LogP contribution is 2.28. The lowest BCUT2D eigenvalue weighted by molar-refractivity contribution is 0.946. The summed E-state index contributed by atoms with van der Waals surface area (Å²) in [7, 11) is 0. The molecule has 0 aliphatic carbocycles. The number of benzene rings is 2. The van der Waals surface area contributed by atoms with E-state index in [0.29, 0.717) is 4.83 Å². The summed E-state index contributed by atoms with van der Waals surface area (Å²) in [5, 5.41) is 0.800. The summed E-state index contributed by atoms with van der Waals surface area (Å²) in [4.78, 5) is 0.335. The van der Waals surface area contributed by atoms with Gasteiger partial charge in [0.25, 0.3) is 0 Å². The number of alkyl halides is 1. The second-order valence-corrected chi connectivity index (χ2v) is 5.94. The van der Waals surface area contributed by atoms with E-state index in [-0.39, 0.29) is 0 Å². The summed E-state index contributed by atoms with van der Waals surface area (Å²) >= 11 is 9.75. The van der Waals surface area contributed by atoms with Crippen molar-refractivity contribution >= 4 is 27.5 Å². The minimum atomic E-state index is 0.335. The van der Waals surface area contributed by atoms with Crippen molar-refractivity contribution in [2.45, 2.75) is 24.6 Å². The molecular weight excluding hydrogens is 308 g/mol. The molecule has 0 saturated carbocycles. The summed E-state index contributed by atoms with van der Waals surface area (Å²) in [6, 6.07) is 16.8. The van der Waals surface area contributed by atoms with Gasteiger partial charge in [-0.25, -0.2) is 0 Å². The van der Waals surface area contributed by atoms with E-state index < -0.39 is 0 Å². The molecule has 0 fully saturated rings. The maximum absolute atomic E-state index is 6.00. The van der Waals surface area contributed by atoms with Crippen LogP contribution in [0.5, 0.6) is 0 Å². The third kappa shape index (κ3) is 3.60. The van der Waals surface area contributed by atoms with E-state index in [9.17, 15) is 0 Å². The first-order valence-electron chi connectivity index (χ1n) is 6.16. The molecule has 2 rings (SSSR count). The average molecular weight is 324 g/mol. The van der Waals surface area contributed by atoms with E-state index in [1.54, 1.807) is 0 Å². The quantitative estimate of drug-likeness (QED) is 0.644. The van der Waals surface area contributed by atoms with Gasteiger partial charge in [-0.05, 0) is 41.7 Å². The van der Waals surface area contributed by atoms with Crippen molar-refractivity contribution in [1.82, 2.24) is 0 Å². The Morgan fingerprint density at radius 2 is 1.78 bits per heavy atom. The molecule has 94 valence electrons. The number of rotatable bonds is 4. The molecule has 1 atom stereocenters. The average Bonchev–Trinajstić information content (AvgIpc) is 2.39. The zero-order valence-corrected chi connectivity index (χ0v) is 12.7. The fourth-order valence-electron chi connectivity index (χ4n) is 1.95. The van der Waals surface area contributed by atoms with Gasteiger partial charge < -0.3 is 0 Å². The minimum Gasteiger partial charge on any atom is -0.0843 e. The molecule has 2 aromatic carbocycles. The largest absolute Gasteiger partial charge is 0.0843 e. The third-order valence-corrected chi connectivity index (χ3v) is 4.14. The Morgan fingerprint density at radius 1 is 1.06 bits per heavy atom. The summed E-state index contributed by atoms with van der Waals surface area (Å²) in [5.74, 6) is 0. The summed E-state index contributed by atoms with van der Waals surface area (Å²) < 4.78 is 0. The molecule has 1 unspecified atom stereocenters. The highest BCUT2D eigenvalue weighted by molar-refractivity contribution is 9.09. The molecule has 0 radical (unpaired) electrons. The molecular formula is C16H16BrCl. The molecule has 0 N–H and O–H groups in total.